The summed E-state index contributed by atoms with van der Waals surface area (Å²) in [6, 6.07) is 12.7. The van der Waals surface area contributed by atoms with Crippen LogP contribution < -0.4 is 4.74 Å². The zero-order chi connectivity index (χ0) is 13.7. The summed E-state index contributed by atoms with van der Waals surface area (Å²) < 4.78 is 6.26. The first kappa shape index (κ1) is 13.6. The molecule has 2 aromatic carbocycles. The normalized spacial score (nSPS) is 10.8. The average Bonchev–Trinajstić information content (AvgIpc) is 2.42. The van der Waals surface area contributed by atoms with Crippen LogP contribution in [0.25, 0.3) is 0 Å². The van der Waals surface area contributed by atoms with E-state index >= 15 is 0 Å². The van der Waals surface area contributed by atoms with Crippen molar-refractivity contribution in [2.75, 3.05) is 6.61 Å². The zero-order valence-electron chi connectivity index (χ0n) is 10.5. The third-order valence-electron chi connectivity index (χ3n) is 2.49. The monoisotopic (exact) mass is 319 g/mol. The van der Waals surface area contributed by atoms with E-state index in [0.717, 1.165) is 15.9 Å². The molecule has 0 bridgehead atoms. The highest BCUT2D eigenvalue weighted by Crippen LogP contribution is 2.22. The molecule has 0 spiro atoms. The van der Waals surface area contributed by atoms with Crippen molar-refractivity contribution in [2.45, 2.75) is 6.92 Å². The van der Waals surface area contributed by atoms with Crippen molar-refractivity contribution in [2.24, 2.45) is 4.99 Å². The Kier molecular flexibility index (Phi) is 4.58. The topological polar surface area (TPSA) is 41.8 Å². The number of rotatable bonds is 4. The third kappa shape index (κ3) is 3.83. The van der Waals surface area contributed by atoms with Crippen molar-refractivity contribution in [3.8, 4) is 11.5 Å². The van der Waals surface area contributed by atoms with Gasteiger partial charge in [0.05, 0.1) is 12.3 Å². The maximum atomic E-state index is 9.69. The molecule has 0 aliphatic rings. The molecule has 98 valence electrons. The lowest BCUT2D eigenvalue weighted by molar-refractivity contribution is 0.340. The van der Waals surface area contributed by atoms with Crippen LogP contribution in [0.2, 0.25) is 0 Å². The SMILES string of the molecule is CCOc1ccc(/N=C/c2cc(Br)ccc2O)cc1. The van der Waals surface area contributed by atoms with Crippen LogP contribution in [0.1, 0.15) is 12.5 Å². The molecule has 0 fully saturated rings. The van der Waals surface area contributed by atoms with Crippen molar-refractivity contribution < 1.29 is 9.84 Å². The molecular formula is C15H14BrNO2. The molecule has 19 heavy (non-hydrogen) atoms. The van der Waals surface area contributed by atoms with Crippen LogP contribution in [0.5, 0.6) is 11.5 Å². The molecule has 4 heteroatoms. The highest BCUT2D eigenvalue weighted by Gasteiger charge is 1.99. The lowest BCUT2D eigenvalue weighted by atomic mass is 10.2. The van der Waals surface area contributed by atoms with E-state index in [1.807, 2.05) is 37.3 Å². The predicted molar refractivity (Wildman–Crippen MR) is 80.7 cm³/mol. The van der Waals surface area contributed by atoms with E-state index in [4.69, 9.17) is 4.74 Å². The van der Waals surface area contributed by atoms with Crippen molar-refractivity contribution in [3.63, 3.8) is 0 Å². The lowest BCUT2D eigenvalue weighted by Crippen LogP contribution is -1.89. The van der Waals surface area contributed by atoms with Crippen LogP contribution in [0.15, 0.2) is 51.9 Å². The summed E-state index contributed by atoms with van der Waals surface area (Å²) in [6.45, 7) is 2.59. The number of hydrogen-bond donors (Lipinski definition) is 1. The number of hydrogen-bond acceptors (Lipinski definition) is 3. The maximum Gasteiger partial charge on any atom is 0.124 e. The van der Waals surface area contributed by atoms with Gasteiger partial charge in [-0.1, -0.05) is 15.9 Å². The van der Waals surface area contributed by atoms with E-state index in [0.29, 0.717) is 12.2 Å². The van der Waals surface area contributed by atoms with Gasteiger partial charge in [-0.25, -0.2) is 0 Å². The van der Waals surface area contributed by atoms with Gasteiger partial charge in [0, 0.05) is 16.3 Å². The summed E-state index contributed by atoms with van der Waals surface area (Å²) in [5.41, 5.74) is 1.48. The van der Waals surface area contributed by atoms with Crippen LogP contribution in [-0.2, 0) is 0 Å². The third-order valence-corrected chi connectivity index (χ3v) is 2.98. The van der Waals surface area contributed by atoms with Crippen LogP contribution >= 0.6 is 15.9 Å². The Morgan fingerprint density at radius 3 is 2.63 bits per heavy atom. The van der Waals surface area contributed by atoms with E-state index in [1.165, 1.54) is 0 Å². The van der Waals surface area contributed by atoms with E-state index < -0.39 is 0 Å². The van der Waals surface area contributed by atoms with Gasteiger partial charge in [0.25, 0.3) is 0 Å². The van der Waals surface area contributed by atoms with Gasteiger partial charge >= 0.3 is 0 Å². The molecule has 0 unspecified atom stereocenters. The highest BCUT2D eigenvalue weighted by molar-refractivity contribution is 9.10. The molecular weight excluding hydrogens is 306 g/mol. The number of aliphatic imine (C=N–C) groups is 1. The Hall–Kier alpha value is -1.81. The molecule has 0 aliphatic carbocycles. The van der Waals surface area contributed by atoms with Crippen LogP contribution in [0.4, 0.5) is 5.69 Å². The van der Waals surface area contributed by atoms with Crippen LogP contribution in [0, 0.1) is 0 Å². The standard InChI is InChI=1S/C15H14BrNO2/c1-2-19-14-6-4-13(5-7-14)17-10-11-9-12(16)3-8-15(11)18/h3-10,18H,2H2,1H3/b17-10+. The van der Waals surface area contributed by atoms with Gasteiger partial charge in [0.1, 0.15) is 11.5 Å². The minimum Gasteiger partial charge on any atom is -0.507 e. The highest BCUT2D eigenvalue weighted by atomic mass is 79.9. The average molecular weight is 320 g/mol. The van der Waals surface area contributed by atoms with Gasteiger partial charge in [-0.05, 0) is 49.4 Å². The van der Waals surface area contributed by atoms with E-state index in [1.54, 1.807) is 18.3 Å². The Morgan fingerprint density at radius 2 is 1.95 bits per heavy atom. The van der Waals surface area contributed by atoms with Gasteiger partial charge in [0.2, 0.25) is 0 Å². The molecule has 3 nitrogen and oxygen atoms in total. The Bertz CT molecular complexity index is 579. The molecule has 0 saturated carbocycles. The summed E-state index contributed by atoms with van der Waals surface area (Å²) >= 11 is 3.36. The number of phenols is 1. The lowest BCUT2D eigenvalue weighted by Gasteiger charge is -2.02. The van der Waals surface area contributed by atoms with Crippen LogP contribution in [-0.4, -0.2) is 17.9 Å². The molecule has 0 aromatic heterocycles. The predicted octanol–water partition coefficient (Wildman–Crippen LogP) is 4.30. The number of aromatic hydroxyl groups is 1. The minimum absolute atomic E-state index is 0.206. The van der Waals surface area contributed by atoms with Crippen molar-refractivity contribution in [3.05, 3.63) is 52.5 Å². The second-order valence-electron chi connectivity index (χ2n) is 3.89. The molecule has 0 heterocycles. The summed E-state index contributed by atoms with van der Waals surface area (Å²) in [5.74, 6) is 1.03. The summed E-state index contributed by atoms with van der Waals surface area (Å²) in [5, 5.41) is 9.69. The number of nitrogens with zero attached hydrogens (tertiary/aromatic N) is 1. The van der Waals surface area contributed by atoms with Gasteiger partial charge in [0.15, 0.2) is 0 Å². The maximum absolute atomic E-state index is 9.69. The Morgan fingerprint density at radius 1 is 1.21 bits per heavy atom. The molecule has 2 aromatic rings. The van der Waals surface area contributed by atoms with Gasteiger partial charge in [-0.3, -0.25) is 4.99 Å². The molecule has 0 amide bonds. The fourth-order valence-corrected chi connectivity index (χ4v) is 1.95. The fourth-order valence-electron chi connectivity index (χ4n) is 1.57. The van der Waals surface area contributed by atoms with E-state index in [2.05, 4.69) is 20.9 Å². The van der Waals surface area contributed by atoms with Crippen LogP contribution in [0.3, 0.4) is 0 Å². The minimum atomic E-state index is 0.206. The molecule has 0 saturated heterocycles. The number of benzene rings is 2. The number of phenolic OH excluding ortho intramolecular Hbond substituents is 1. The van der Waals surface area contributed by atoms with Crippen molar-refractivity contribution in [1.82, 2.24) is 0 Å². The smallest absolute Gasteiger partial charge is 0.124 e. The molecule has 2 rings (SSSR count). The van der Waals surface area contributed by atoms with Crippen molar-refractivity contribution in [1.29, 1.82) is 0 Å². The quantitative estimate of drug-likeness (QED) is 0.853. The summed E-state index contributed by atoms with van der Waals surface area (Å²) in [7, 11) is 0. The zero-order valence-corrected chi connectivity index (χ0v) is 12.1. The Balaban J connectivity index is 2.15. The summed E-state index contributed by atoms with van der Waals surface area (Å²) in [6.07, 6.45) is 1.63. The molecule has 0 aliphatic heterocycles. The van der Waals surface area contributed by atoms with Gasteiger partial charge in [-0.2, -0.15) is 0 Å². The molecule has 0 atom stereocenters. The first-order valence-corrected chi connectivity index (χ1v) is 6.74. The van der Waals surface area contributed by atoms with E-state index in [9.17, 15) is 5.11 Å². The summed E-state index contributed by atoms with van der Waals surface area (Å²) in [4.78, 5) is 4.32. The van der Waals surface area contributed by atoms with E-state index in [-0.39, 0.29) is 5.75 Å². The first-order chi connectivity index (χ1) is 9.19. The van der Waals surface area contributed by atoms with Crippen molar-refractivity contribution >= 4 is 27.8 Å². The molecule has 0 radical (unpaired) electrons. The second kappa shape index (κ2) is 6.38. The largest absolute Gasteiger partial charge is 0.507 e. The fraction of sp³-hybridized carbons (Fsp3) is 0.133. The van der Waals surface area contributed by atoms with Gasteiger partial charge in [-0.15, -0.1) is 0 Å². The second-order valence-corrected chi connectivity index (χ2v) is 4.80. The molecule has 1 N–H and O–H groups in total. The number of ether oxygens (including phenoxy) is 1. The first-order valence-electron chi connectivity index (χ1n) is 5.94. The number of halogens is 1. The van der Waals surface area contributed by atoms with Gasteiger partial charge < -0.3 is 9.84 Å². The Labute approximate surface area is 120 Å².